The molecule has 2 amide bonds. The lowest BCUT2D eigenvalue weighted by atomic mass is 9.78. The van der Waals surface area contributed by atoms with E-state index in [1.807, 2.05) is 88.5 Å². The number of anilines is 1. The van der Waals surface area contributed by atoms with Gasteiger partial charge in [0.25, 0.3) is 11.7 Å². The van der Waals surface area contributed by atoms with Gasteiger partial charge in [0.15, 0.2) is 11.6 Å². The molecule has 2 saturated heterocycles. The molecule has 0 radical (unpaired) electrons. The Kier molecular flexibility index (Phi) is 39.5. The van der Waals surface area contributed by atoms with Crippen molar-refractivity contribution in [3.63, 3.8) is 0 Å². The molecule has 5 aromatic rings. The van der Waals surface area contributed by atoms with Crippen molar-refractivity contribution in [1.82, 2.24) is 49.8 Å². The topological polar surface area (TPSA) is 394 Å². The van der Waals surface area contributed by atoms with Crippen molar-refractivity contribution in [2.24, 2.45) is 41.4 Å². The van der Waals surface area contributed by atoms with E-state index in [4.69, 9.17) is 72.3 Å². The summed E-state index contributed by atoms with van der Waals surface area (Å²) >= 11 is 0. The molecule has 0 spiro atoms. The molecule has 2 bridgehead atoms. The van der Waals surface area contributed by atoms with Crippen molar-refractivity contribution in [3.8, 4) is 17.1 Å². The Morgan fingerprint density at radius 3 is 2.17 bits per heavy atom. The number of allylic oxidation sites excluding steroid dienone is 6. The number of aliphatic hydroxyl groups excluding tert-OH is 1. The standard InChI is InChI=1S/C92H137N11O21/c1-59-20-13-12-14-21-60(2)77(113-9)55-71-32-26-65(7)92(111,124-71)86(107)90(109)102-35-17-15-24-73(102)91(110)123-78(56-74(104)61(3)51-64(6)84(106)85(115-11)83(105)63(5)50-59)62(4)52-66-27-33-75(79(53-66)114-10)122-37-18-16-23-70-57-101(100-99-70)36-39-117-41-43-119-45-47-121-49-48-120-46-44-118-42-40-116-38-34-94-89(108)68-30-28-67(29-31-68)88-98-81(82-87(93)95-58-96-103(82)88)72-54-69-22-19-25-76(112-8)80(69)97-72/h12-14,19-22,25,51,54,57-59,61-63,65-68,71,73,75,77-79,84-85,97,106,111H,15-18,23-24,26-50,52-53,55-56H2,1-11H3,(H,94,108)(H2,93,95,96)/b14-12+,20-13+,60-21+,64-51+/t59-,61-,62-,63-,65-,66+,67?,68?,71+,73+,75-,77+,78+,79-,84-,85+,92-/m1/s1. The molecule has 686 valence electrons. The van der Waals surface area contributed by atoms with Gasteiger partial charge in [-0.05, 0) is 164 Å². The number of carbonyl (C=O) groups excluding carboxylic acids is 6. The highest BCUT2D eigenvalue weighted by Crippen LogP contribution is 2.42. The molecule has 6 N–H and O–H groups in total. The van der Waals surface area contributed by atoms with Gasteiger partial charge < -0.3 is 92.7 Å². The maximum Gasteiger partial charge on any atom is 0.329 e. The molecule has 7 heterocycles. The summed E-state index contributed by atoms with van der Waals surface area (Å²) in [6.07, 6.45) is 20.6. The van der Waals surface area contributed by atoms with Crippen molar-refractivity contribution in [2.45, 2.75) is 237 Å². The van der Waals surface area contributed by atoms with Gasteiger partial charge in [0.1, 0.15) is 59.2 Å². The summed E-state index contributed by atoms with van der Waals surface area (Å²) in [5.74, 6) is -6.25. The number of para-hydroxylation sites is 1. The number of rotatable bonds is 37. The monoisotopic (exact) mass is 1730 g/mol. The minimum absolute atomic E-state index is 0.00420. The first-order valence-corrected chi connectivity index (χ1v) is 44.8. The number of benzene rings is 1. The molecule has 15 atom stereocenters. The van der Waals surface area contributed by atoms with E-state index in [1.165, 1.54) is 18.3 Å². The van der Waals surface area contributed by atoms with Gasteiger partial charge in [-0.1, -0.05) is 88.4 Å². The minimum atomic E-state index is -2.46. The highest BCUT2D eigenvalue weighted by Gasteiger charge is 2.53. The molecule has 2 aliphatic carbocycles. The third kappa shape index (κ3) is 27.7. The highest BCUT2D eigenvalue weighted by atomic mass is 16.6. The second-order valence-corrected chi connectivity index (χ2v) is 34.2. The first-order chi connectivity index (χ1) is 59.9. The van der Waals surface area contributed by atoms with Crippen molar-refractivity contribution in [3.05, 3.63) is 95.9 Å². The van der Waals surface area contributed by atoms with Gasteiger partial charge in [0.05, 0.1) is 134 Å². The maximum atomic E-state index is 14.8. The zero-order valence-corrected chi connectivity index (χ0v) is 74.7. The first-order valence-electron chi connectivity index (χ1n) is 44.8. The number of aromatic amines is 1. The Morgan fingerprint density at radius 2 is 1.48 bits per heavy atom. The van der Waals surface area contributed by atoms with Crippen LogP contribution in [0.1, 0.15) is 181 Å². The van der Waals surface area contributed by atoms with E-state index in [0.29, 0.717) is 173 Å². The molecular weight excluding hydrogens is 1600 g/mol. The lowest BCUT2D eigenvalue weighted by Crippen LogP contribution is -2.61. The van der Waals surface area contributed by atoms with Crippen LogP contribution in [0, 0.1) is 41.4 Å². The number of unbranched alkanes of at least 4 members (excludes halogenated alkanes) is 1. The number of H-pyrrole nitrogens is 1. The second kappa shape index (κ2) is 49.9. The highest BCUT2D eigenvalue weighted by molar-refractivity contribution is 6.39. The van der Waals surface area contributed by atoms with Crippen LogP contribution in [0.4, 0.5) is 5.82 Å². The number of hydrogen-bond acceptors (Lipinski definition) is 27. The summed E-state index contributed by atoms with van der Waals surface area (Å²) in [4.78, 5) is 99.5. The zero-order chi connectivity index (χ0) is 88.7. The van der Waals surface area contributed by atoms with Crippen LogP contribution >= 0.6 is 0 Å². The van der Waals surface area contributed by atoms with Crippen LogP contribution in [-0.2, 0) is 98.6 Å². The fourth-order valence-electron chi connectivity index (χ4n) is 17.7. The number of nitrogens with zero attached hydrogens (tertiary/aromatic N) is 8. The fraction of sp³-hybridized carbons (Fsp3) is 0.685. The quantitative estimate of drug-likeness (QED) is 0.0107. The number of Topliss-reactive ketones (excluding diaryl/α,β-unsaturated/α-hetero) is 3. The number of fused-ring (bicyclic) bond motifs is 5. The van der Waals surface area contributed by atoms with E-state index in [2.05, 4.69) is 30.7 Å². The van der Waals surface area contributed by atoms with Crippen LogP contribution < -0.4 is 15.8 Å². The van der Waals surface area contributed by atoms with E-state index < -0.39 is 77.8 Å². The number of aliphatic hydroxyl groups is 2. The third-order valence-corrected chi connectivity index (χ3v) is 25.1. The third-order valence-electron chi connectivity index (χ3n) is 25.1. The van der Waals surface area contributed by atoms with Crippen molar-refractivity contribution >= 4 is 57.4 Å². The van der Waals surface area contributed by atoms with Gasteiger partial charge in [-0.2, -0.15) is 5.10 Å². The number of nitrogens with two attached hydrogens (primary N) is 1. The summed E-state index contributed by atoms with van der Waals surface area (Å²) < 4.78 is 80.1. The average Bonchev–Trinajstić information content (AvgIpc) is 1.62. The van der Waals surface area contributed by atoms with Gasteiger partial charge in [-0.25, -0.2) is 24.0 Å². The predicted molar refractivity (Wildman–Crippen MR) is 463 cm³/mol. The van der Waals surface area contributed by atoms with Gasteiger partial charge in [0.2, 0.25) is 11.7 Å². The molecule has 32 nitrogen and oxygen atoms in total. The molecule has 2 saturated carbocycles. The number of ketones is 3. The number of esters is 1. The van der Waals surface area contributed by atoms with E-state index in [0.717, 1.165) is 97.2 Å². The SMILES string of the molecule is COc1cccc2cc(-c3nc(C4CCC(C(=O)NCCOCCOCCOCCOCCOCCOCCn5cc(CCCCO[C@@H]6CC[C@@H](C[C@@H](C)[C@@H]7CC(=O)[C@H](C)/C=C(\C)[C@@H](O)[C@@H](OC)C(=O)[C@H](C)C[C@H](C)/C=C/C=C/C=C(\C)[C@@H](OC)C[C@@H]8CC[C@@H](C)[C@@](O)(O8)C(=O)C(=O)N8CCCC[C@H]8C(=O)O7)C[C@H]6OC)nn5)CC4)n4ncnc(N)c34)[nH]c12. The maximum absolute atomic E-state index is 14.8. The molecule has 4 aromatic heterocycles. The van der Waals surface area contributed by atoms with Gasteiger partial charge in [0, 0.05) is 95.0 Å². The number of piperidine rings is 1. The Labute approximate surface area is 729 Å². The Balaban J connectivity index is 0.572. The number of aryl methyl sites for hydroxylation is 1. The summed E-state index contributed by atoms with van der Waals surface area (Å²) in [7, 11) is 6.29. The summed E-state index contributed by atoms with van der Waals surface area (Å²) in [6.45, 7) is 19.4. The number of imidazole rings is 1. The lowest BCUT2D eigenvalue weighted by Gasteiger charge is -2.42. The molecular formula is C92H137N11O21. The van der Waals surface area contributed by atoms with Crippen LogP contribution in [-0.4, -0.2) is 272 Å². The molecule has 124 heavy (non-hydrogen) atoms. The van der Waals surface area contributed by atoms with E-state index in [-0.39, 0.29) is 78.7 Å². The van der Waals surface area contributed by atoms with Gasteiger partial charge in [-0.3, -0.25) is 24.0 Å². The largest absolute Gasteiger partial charge is 0.495 e. The summed E-state index contributed by atoms with van der Waals surface area (Å²) in [6, 6.07) is 6.72. The number of nitrogen functional groups attached to an aromatic ring is 1. The first kappa shape index (κ1) is 98.1. The smallest absolute Gasteiger partial charge is 0.329 e. The average molecular weight is 1730 g/mol. The van der Waals surface area contributed by atoms with Crippen LogP contribution in [0.2, 0.25) is 0 Å². The summed E-state index contributed by atoms with van der Waals surface area (Å²) in [5, 5.41) is 41.1. The molecule has 1 aromatic carbocycles. The molecule has 4 fully saturated rings. The van der Waals surface area contributed by atoms with Crippen molar-refractivity contribution in [1.29, 1.82) is 0 Å². The lowest BCUT2D eigenvalue weighted by molar-refractivity contribution is -0.265. The fourth-order valence-corrected chi connectivity index (χ4v) is 17.7. The van der Waals surface area contributed by atoms with Crippen molar-refractivity contribution in [2.75, 3.05) is 133 Å². The molecule has 5 aliphatic rings. The number of aromatic nitrogens is 8. The molecule has 32 heteroatoms. The molecule has 3 aliphatic heterocycles. The summed E-state index contributed by atoms with van der Waals surface area (Å²) in [5.41, 5.74) is 11.5. The predicted octanol–water partition coefficient (Wildman–Crippen LogP) is 10.2. The number of nitrogens with one attached hydrogen (secondary N) is 2. The normalized spacial score (nSPS) is 28.8. The minimum Gasteiger partial charge on any atom is -0.495 e. The Morgan fingerprint density at radius 1 is 0.766 bits per heavy atom. The number of carbonyl (C=O) groups is 6. The number of amides is 2. The van der Waals surface area contributed by atoms with Crippen LogP contribution in [0.3, 0.4) is 0 Å². The number of cyclic esters (lactones) is 1. The van der Waals surface area contributed by atoms with Crippen molar-refractivity contribution < 1.29 is 101 Å². The van der Waals surface area contributed by atoms with Gasteiger partial charge in [-0.15, -0.1) is 5.10 Å². The van der Waals surface area contributed by atoms with E-state index >= 15 is 0 Å². The van der Waals surface area contributed by atoms with Gasteiger partial charge >= 0.3 is 5.97 Å². The molecule has 0 unspecified atom stereocenters. The Bertz CT molecular complexity index is 4330. The molecule has 10 rings (SSSR count). The zero-order valence-electron chi connectivity index (χ0n) is 74.7. The second-order valence-electron chi connectivity index (χ2n) is 34.2. The van der Waals surface area contributed by atoms with E-state index in [9.17, 15) is 39.0 Å². The Hall–Kier alpha value is -8.09. The van der Waals surface area contributed by atoms with Crippen LogP contribution in [0.15, 0.2) is 84.4 Å². The number of methoxy groups -OCH3 is 4. The number of hydrogen-bond donors (Lipinski definition) is 5. The van der Waals surface area contributed by atoms with Crippen LogP contribution in [0.5, 0.6) is 5.75 Å². The van der Waals surface area contributed by atoms with Crippen LogP contribution in [0.25, 0.3) is 27.8 Å². The van der Waals surface area contributed by atoms with E-state index in [1.54, 1.807) is 57.4 Å². The number of ether oxygens (including phenoxy) is 13.